The predicted octanol–water partition coefficient (Wildman–Crippen LogP) is 4.24. The fourth-order valence-electron chi connectivity index (χ4n) is 4.10. The second kappa shape index (κ2) is 7.67. The first kappa shape index (κ1) is 21.4. The average Bonchev–Trinajstić information content (AvgIpc) is 3.24. The zero-order chi connectivity index (χ0) is 21.8. The third kappa shape index (κ3) is 3.17. The molecule has 0 aliphatic carbocycles. The molecule has 4 N–H and O–H groups in total. The summed E-state index contributed by atoms with van der Waals surface area (Å²) < 4.78 is 0. The highest BCUT2D eigenvalue weighted by Gasteiger charge is 2.50. The smallest absolute Gasteiger partial charge is 0.411 e. The highest BCUT2D eigenvalue weighted by atomic mass is 35.5. The summed E-state index contributed by atoms with van der Waals surface area (Å²) in [5, 5.41) is 23.2. The summed E-state index contributed by atoms with van der Waals surface area (Å²) in [4.78, 5) is 32.8. The molecule has 0 fully saturated rings. The van der Waals surface area contributed by atoms with Crippen LogP contribution in [0.3, 0.4) is 0 Å². The minimum absolute atomic E-state index is 0. The Morgan fingerprint density at radius 1 is 1.09 bits per heavy atom. The summed E-state index contributed by atoms with van der Waals surface area (Å²) >= 11 is 0. The number of aryl methyl sites for hydroxylation is 1. The molecule has 0 saturated heterocycles. The topological polar surface area (TPSA) is 119 Å². The number of H-pyrrole nitrogens is 1. The Hall–Kier alpha value is -3.88. The third-order valence-electron chi connectivity index (χ3n) is 5.43. The molecule has 2 heterocycles. The Bertz CT molecular complexity index is 1370. The van der Waals surface area contributed by atoms with Crippen molar-refractivity contribution in [2.45, 2.75) is 12.6 Å². The summed E-state index contributed by atoms with van der Waals surface area (Å²) in [6.07, 6.45) is -1.24. The van der Waals surface area contributed by atoms with Gasteiger partial charge in [0.1, 0.15) is 0 Å². The average molecular weight is 451 g/mol. The van der Waals surface area contributed by atoms with Gasteiger partial charge in [0.2, 0.25) is 5.95 Å². The normalized spacial score (nSPS) is 17.2. The molecule has 3 aromatic carbocycles. The second-order valence-electron chi connectivity index (χ2n) is 7.44. The van der Waals surface area contributed by atoms with E-state index in [9.17, 15) is 14.7 Å². The third-order valence-corrected chi connectivity index (χ3v) is 5.43. The van der Waals surface area contributed by atoms with Gasteiger partial charge in [-0.15, -0.1) is 12.4 Å². The molecule has 32 heavy (non-hydrogen) atoms. The molecule has 1 unspecified atom stereocenters. The number of fused-ring (bicyclic) bond motifs is 2. The van der Waals surface area contributed by atoms with Crippen molar-refractivity contribution in [1.29, 1.82) is 0 Å². The predicted molar refractivity (Wildman–Crippen MR) is 122 cm³/mol. The number of aromatic nitrogens is 2. The summed E-state index contributed by atoms with van der Waals surface area (Å²) in [7, 11) is 0. The maximum atomic E-state index is 13.4. The SMILES string of the molecule is Cc1cccc(N2C(=O)c3ccccc3C2(O)c2ccc3[nH]c(NC(=O)O)nc3c2)c1.Cl. The van der Waals surface area contributed by atoms with Crippen molar-refractivity contribution in [3.05, 3.63) is 89.0 Å². The van der Waals surface area contributed by atoms with Crippen LogP contribution >= 0.6 is 12.4 Å². The number of hydrogen-bond acceptors (Lipinski definition) is 4. The lowest BCUT2D eigenvalue weighted by Crippen LogP contribution is -2.45. The van der Waals surface area contributed by atoms with E-state index in [-0.39, 0.29) is 24.3 Å². The molecule has 9 heteroatoms. The molecule has 8 nitrogen and oxygen atoms in total. The van der Waals surface area contributed by atoms with E-state index in [2.05, 4.69) is 15.3 Å². The molecule has 2 amide bonds. The number of rotatable bonds is 3. The lowest BCUT2D eigenvalue weighted by molar-refractivity contribution is 0.0704. The first-order valence-corrected chi connectivity index (χ1v) is 9.61. The van der Waals surface area contributed by atoms with Gasteiger partial charge in [-0.05, 0) is 42.8 Å². The van der Waals surface area contributed by atoms with Gasteiger partial charge in [0, 0.05) is 22.4 Å². The summed E-state index contributed by atoms with van der Waals surface area (Å²) in [5.74, 6) is -0.232. The van der Waals surface area contributed by atoms with Crippen LogP contribution in [0.5, 0.6) is 0 Å². The van der Waals surface area contributed by atoms with Crippen LogP contribution in [0.1, 0.15) is 27.0 Å². The largest absolute Gasteiger partial charge is 0.465 e. The van der Waals surface area contributed by atoms with E-state index < -0.39 is 11.8 Å². The number of aliphatic hydroxyl groups is 1. The van der Waals surface area contributed by atoms with E-state index in [0.717, 1.165) is 5.56 Å². The highest BCUT2D eigenvalue weighted by molar-refractivity contribution is 6.12. The van der Waals surface area contributed by atoms with Crippen molar-refractivity contribution in [2.24, 2.45) is 0 Å². The molecule has 0 bridgehead atoms. The number of anilines is 2. The number of carbonyl (C=O) groups is 2. The number of halogens is 1. The number of aromatic amines is 1. The number of amides is 2. The summed E-state index contributed by atoms with van der Waals surface area (Å²) in [6, 6.07) is 19.4. The monoisotopic (exact) mass is 450 g/mol. The van der Waals surface area contributed by atoms with E-state index in [1.807, 2.05) is 25.1 Å². The van der Waals surface area contributed by atoms with E-state index in [4.69, 9.17) is 5.11 Å². The maximum absolute atomic E-state index is 13.4. The number of hydrogen-bond donors (Lipinski definition) is 4. The Balaban J connectivity index is 0.00000245. The Morgan fingerprint density at radius 3 is 2.62 bits per heavy atom. The van der Waals surface area contributed by atoms with Crippen LogP contribution in [0, 0.1) is 6.92 Å². The second-order valence-corrected chi connectivity index (χ2v) is 7.44. The van der Waals surface area contributed by atoms with Crippen molar-refractivity contribution in [3.8, 4) is 0 Å². The minimum atomic E-state index is -1.75. The Morgan fingerprint density at radius 2 is 1.88 bits per heavy atom. The lowest BCUT2D eigenvalue weighted by atomic mass is 9.93. The van der Waals surface area contributed by atoms with Crippen LogP contribution in [0.25, 0.3) is 11.0 Å². The first-order chi connectivity index (χ1) is 14.9. The van der Waals surface area contributed by atoms with Gasteiger partial charge in [0.25, 0.3) is 5.91 Å². The number of benzene rings is 3. The molecule has 1 aromatic heterocycles. The van der Waals surface area contributed by atoms with Crippen LogP contribution in [-0.2, 0) is 5.72 Å². The molecule has 162 valence electrons. The van der Waals surface area contributed by atoms with E-state index in [0.29, 0.717) is 33.4 Å². The van der Waals surface area contributed by atoms with Gasteiger partial charge in [0.15, 0.2) is 5.72 Å². The number of nitrogens with one attached hydrogen (secondary N) is 2. The molecule has 0 saturated carbocycles. The number of carbonyl (C=O) groups excluding carboxylic acids is 1. The van der Waals surface area contributed by atoms with Crippen LogP contribution in [0.15, 0.2) is 66.7 Å². The fraction of sp³-hybridized carbons (Fsp3) is 0.0870. The quantitative estimate of drug-likeness (QED) is 0.372. The number of carboxylic acid groups (broad SMARTS) is 1. The first-order valence-electron chi connectivity index (χ1n) is 9.61. The molecule has 0 radical (unpaired) electrons. The maximum Gasteiger partial charge on any atom is 0.411 e. The number of nitrogens with zero attached hydrogens (tertiary/aromatic N) is 2. The zero-order valence-electron chi connectivity index (χ0n) is 16.9. The molecule has 0 spiro atoms. The van der Waals surface area contributed by atoms with Crippen molar-refractivity contribution < 1.29 is 19.8 Å². The van der Waals surface area contributed by atoms with Crippen molar-refractivity contribution in [3.63, 3.8) is 0 Å². The fourth-order valence-corrected chi connectivity index (χ4v) is 4.10. The van der Waals surface area contributed by atoms with E-state index >= 15 is 0 Å². The van der Waals surface area contributed by atoms with Gasteiger partial charge in [-0.2, -0.15) is 0 Å². The van der Waals surface area contributed by atoms with Crippen molar-refractivity contribution in [2.75, 3.05) is 10.2 Å². The Labute approximate surface area is 188 Å². The van der Waals surface area contributed by atoms with Crippen LogP contribution in [0.2, 0.25) is 0 Å². The van der Waals surface area contributed by atoms with E-state index in [1.165, 1.54) is 4.90 Å². The van der Waals surface area contributed by atoms with Crippen LogP contribution in [0.4, 0.5) is 16.4 Å². The van der Waals surface area contributed by atoms with Crippen molar-refractivity contribution in [1.82, 2.24) is 9.97 Å². The molecule has 5 rings (SSSR count). The molecular weight excluding hydrogens is 432 g/mol. The lowest BCUT2D eigenvalue weighted by Gasteiger charge is -2.35. The standard InChI is InChI=1S/C23H18N4O4.ClH/c1-13-5-4-6-15(11-13)27-20(28)16-7-2-3-8-17(16)23(27,31)14-9-10-18-19(12-14)25-21(24-18)26-22(29)30;/h2-12,31H,1H3,(H,29,30)(H2,24,25,26);1H. The molecule has 1 aliphatic rings. The summed E-state index contributed by atoms with van der Waals surface area (Å²) in [5.41, 5.74) is 2.14. The van der Waals surface area contributed by atoms with E-state index in [1.54, 1.807) is 48.5 Å². The van der Waals surface area contributed by atoms with Gasteiger partial charge in [-0.3, -0.25) is 15.0 Å². The van der Waals surface area contributed by atoms with Gasteiger partial charge in [-0.1, -0.05) is 36.4 Å². The summed E-state index contributed by atoms with van der Waals surface area (Å²) in [6.45, 7) is 1.92. The highest BCUT2D eigenvalue weighted by Crippen LogP contribution is 2.45. The molecule has 4 aromatic rings. The molecule has 1 atom stereocenters. The zero-order valence-corrected chi connectivity index (χ0v) is 17.7. The molecule has 1 aliphatic heterocycles. The van der Waals surface area contributed by atoms with Gasteiger partial charge in [0.05, 0.1) is 11.0 Å². The Kier molecular flexibility index (Phi) is 5.12. The van der Waals surface area contributed by atoms with Crippen LogP contribution < -0.4 is 10.2 Å². The van der Waals surface area contributed by atoms with Gasteiger partial charge >= 0.3 is 6.09 Å². The van der Waals surface area contributed by atoms with Gasteiger partial charge < -0.3 is 15.2 Å². The van der Waals surface area contributed by atoms with Gasteiger partial charge in [-0.25, -0.2) is 9.78 Å². The number of imidazole rings is 1. The minimum Gasteiger partial charge on any atom is -0.465 e. The molecular formula is C23H19ClN4O4. The van der Waals surface area contributed by atoms with Crippen LogP contribution in [-0.4, -0.2) is 32.2 Å². The van der Waals surface area contributed by atoms with Crippen molar-refractivity contribution >= 4 is 47.1 Å².